The van der Waals surface area contributed by atoms with Gasteiger partial charge in [0.05, 0.1) is 0 Å². The summed E-state index contributed by atoms with van der Waals surface area (Å²) >= 11 is 0. The van der Waals surface area contributed by atoms with Gasteiger partial charge in [-0.25, -0.2) is 0 Å². The lowest BCUT2D eigenvalue weighted by Crippen LogP contribution is -2.56. The number of hydrogen-bond donors (Lipinski definition) is 0. The Hall–Kier alpha value is 0. The first-order chi connectivity index (χ1) is 11.4. The summed E-state index contributed by atoms with van der Waals surface area (Å²) in [6, 6.07) is 0. The number of unbranched alkanes of at least 4 members (excludes halogenated alkanes) is 1. The zero-order valence-corrected chi connectivity index (χ0v) is 17.0. The normalized spacial score (nSPS) is 54.0. The lowest BCUT2D eigenvalue weighted by Gasteiger charge is -2.64. The van der Waals surface area contributed by atoms with Gasteiger partial charge in [0.15, 0.2) is 0 Å². The number of rotatable bonds is 3. The molecule has 0 amide bonds. The van der Waals surface area contributed by atoms with Gasteiger partial charge >= 0.3 is 0 Å². The van der Waals surface area contributed by atoms with Crippen molar-refractivity contribution < 1.29 is 0 Å². The molecule has 0 heteroatoms. The summed E-state index contributed by atoms with van der Waals surface area (Å²) in [5.74, 6) is 4.25. The zero-order chi connectivity index (χ0) is 17.0. The maximum absolute atomic E-state index is 2.73. The Morgan fingerprint density at radius 3 is 2.38 bits per heavy atom. The van der Waals surface area contributed by atoms with Crippen LogP contribution >= 0.6 is 0 Å². The highest BCUT2D eigenvalue weighted by Gasteiger charge is 2.62. The molecule has 7 atom stereocenters. The summed E-state index contributed by atoms with van der Waals surface area (Å²) in [7, 11) is 0. The fourth-order valence-electron chi connectivity index (χ4n) is 8.64. The van der Waals surface area contributed by atoms with Crippen LogP contribution in [0.25, 0.3) is 0 Å². The van der Waals surface area contributed by atoms with E-state index in [1.54, 1.807) is 32.1 Å². The van der Waals surface area contributed by atoms with Gasteiger partial charge in [0, 0.05) is 0 Å². The molecule has 0 aromatic carbocycles. The maximum Gasteiger partial charge on any atom is -0.0241 e. The van der Waals surface area contributed by atoms with Gasteiger partial charge in [-0.1, -0.05) is 53.4 Å². The van der Waals surface area contributed by atoms with Crippen LogP contribution in [-0.2, 0) is 0 Å². The van der Waals surface area contributed by atoms with Gasteiger partial charge in [0.25, 0.3) is 0 Å². The van der Waals surface area contributed by atoms with E-state index in [9.17, 15) is 0 Å². The van der Waals surface area contributed by atoms with Crippen LogP contribution in [0.15, 0.2) is 0 Å². The van der Waals surface area contributed by atoms with Gasteiger partial charge in [-0.2, -0.15) is 0 Å². The molecule has 4 aliphatic carbocycles. The van der Waals surface area contributed by atoms with Crippen molar-refractivity contribution in [2.75, 3.05) is 0 Å². The molecule has 0 saturated heterocycles. The zero-order valence-electron chi connectivity index (χ0n) is 17.0. The minimum atomic E-state index is 0.664. The van der Waals surface area contributed by atoms with Gasteiger partial charge < -0.3 is 0 Å². The first kappa shape index (κ1) is 17.4. The lowest BCUT2D eigenvalue weighted by atomic mass is 9.40. The Labute approximate surface area is 151 Å². The lowest BCUT2D eigenvalue weighted by molar-refractivity contribution is -0.152. The minimum Gasteiger partial charge on any atom is -0.0654 e. The Morgan fingerprint density at radius 2 is 1.58 bits per heavy atom. The summed E-state index contributed by atoms with van der Waals surface area (Å²) in [5, 5.41) is 0. The van der Waals surface area contributed by atoms with Crippen LogP contribution in [0.5, 0.6) is 0 Å². The van der Waals surface area contributed by atoms with Crippen LogP contribution < -0.4 is 0 Å². The number of hydrogen-bond acceptors (Lipinski definition) is 0. The average molecular weight is 331 g/mol. The topological polar surface area (TPSA) is 0 Å². The smallest absolute Gasteiger partial charge is 0.0241 e. The molecule has 4 aliphatic rings. The molecule has 4 saturated carbocycles. The Bertz CT molecular complexity index is 467. The minimum absolute atomic E-state index is 0.664. The fraction of sp³-hybridized carbons (Fsp3) is 1.00. The number of fused-ring (bicyclic) bond motifs is 5. The highest BCUT2D eigenvalue weighted by atomic mass is 14.7. The van der Waals surface area contributed by atoms with E-state index in [1.165, 1.54) is 51.4 Å². The van der Waals surface area contributed by atoms with E-state index in [0.29, 0.717) is 16.2 Å². The van der Waals surface area contributed by atoms with E-state index >= 15 is 0 Å². The maximum atomic E-state index is 2.73. The molecule has 0 aliphatic heterocycles. The largest absolute Gasteiger partial charge is 0.0654 e. The molecule has 0 aromatic rings. The van der Waals surface area contributed by atoms with Gasteiger partial charge in [0.1, 0.15) is 0 Å². The van der Waals surface area contributed by atoms with Crippen molar-refractivity contribution in [1.82, 2.24) is 0 Å². The second-order valence-corrected chi connectivity index (χ2v) is 11.1. The average Bonchev–Trinajstić information content (AvgIpc) is 2.90. The first-order valence-electron chi connectivity index (χ1n) is 11.4. The van der Waals surface area contributed by atoms with Crippen molar-refractivity contribution in [2.24, 2.45) is 39.9 Å². The quantitative estimate of drug-likeness (QED) is 0.499. The summed E-state index contributed by atoms with van der Waals surface area (Å²) in [5.41, 5.74) is 2.03. The molecule has 138 valence electrons. The molecule has 0 N–H and O–H groups in total. The molecule has 4 rings (SSSR count). The SMILES string of the molecule is CCCC[C@H]1CCC2[C@@H]3CC[C@]4(C)CCCC[C@]4(C)C3CC[C@@]21C. The van der Waals surface area contributed by atoms with Crippen LogP contribution in [0.4, 0.5) is 0 Å². The summed E-state index contributed by atoms with van der Waals surface area (Å²) in [6.07, 6.45) is 19.8. The molecule has 0 heterocycles. The monoisotopic (exact) mass is 330 g/mol. The third-order valence-electron chi connectivity index (χ3n) is 10.4. The molecule has 0 radical (unpaired) electrons. The highest BCUT2D eigenvalue weighted by Crippen LogP contribution is 2.70. The van der Waals surface area contributed by atoms with Gasteiger partial charge in [0.2, 0.25) is 0 Å². The van der Waals surface area contributed by atoms with Crippen LogP contribution in [-0.4, -0.2) is 0 Å². The van der Waals surface area contributed by atoms with Crippen molar-refractivity contribution in [1.29, 1.82) is 0 Å². The molecular weight excluding hydrogens is 288 g/mol. The van der Waals surface area contributed by atoms with E-state index in [1.807, 2.05) is 0 Å². The molecule has 2 unspecified atom stereocenters. The predicted octanol–water partition coefficient (Wildman–Crippen LogP) is 7.62. The van der Waals surface area contributed by atoms with Crippen LogP contribution in [0.2, 0.25) is 0 Å². The molecular formula is C24H42. The van der Waals surface area contributed by atoms with Gasteiger partial charge in [-0.05, 0) is 97.7 Å². The Kier molecular flexibility index (Phi) is 4.37. The standard InChI is InChI=1S/C24H42/c1-5-6-9-18-10-11-20-19-12-16-22(2)14-7-8-15-24(22,4)21(19)13-17-23(18,20)3/h18-21H,5-17H2,1-4H3/t18-,19-,20?,21?,22-,23+,24+/m0/s1. The Balaban J connectivity index is 1.58. The fourth-order valence-corrected chi connectivity index (χ4v) is 8.64. The second kappa shape index (κ2) is 6.02. The van der Waals surface area contributed by atoms with E-state index < -0.39 is 0 Å². The third kappa shape index (κ3) is 2.30. The van der Waals surface area contributed by atoms with E-state index in [-0.39, 0.29) is 0 Å². The first-order valence-corrected chi connectivity index (χ1v) is 11.4. The van der Waals surface area contributed by atoms with Crippen molar-refractivity contribution in [3.8, 4) is 0 Å². The van der Waals surface area contributed by atoms with Gasteiger partial charge in [-0.3, -0.25) is 0 Å². The van der Waals surface area contributed by atoms with Crippen LogP contribution in [0, 0.1) is 39.9 Å². The highest BCUT2D eigenvalue weighted by molar-refractivity contribution is 5.11. The van der Waals surface area contributed by atoms with Crippen LogP contribution in [0.3, 0.4) is 0 Å². The van der Waals surface area contributed by atoms with Crippen molar-refractivity contribution in [3.63, 3.8) is 0 Å². The van der Waals surface area contributed by atoms with Crippen molar-refractivity contribution >= 4 is 0 Å². The van der Waals surface area contributed by atoms with Crippen LogP contribution in [0.1, 0.15) is 111 Å². The summed E-state index contributed by atoms with van der Waals surface area (Å²) < 4.78 is 0. The van der Waals surface area contributed by atoms with Crippen molar-refractivity contribution in [3.05, 3.63) is 0 Å². The second-order valence-electron chi connectivity index (χ2n) is 11.1. The summed E-state index contributed by atoms with van der Waals surface area (Å²) in [6.45, 7) is 10.5. The third-order valence-corrected chi connectivity index (χ3v) is 10.4. The molecule has 0 nitrogen and oxygen atoms in total. The predicted molar refractivity (Wildman–Crippen MR) is 104 cm³/mol. The van der Waals surface area contributed by atoms with Crippen molar-refractivity contribution in [2.45, 2.75) is 111 Å². The molecule has 4 fully saturated rings. The van der Waals surface area contributed by atoms with E-state index in [0.717, 1.165) is 23.7 Å². The molecule has 0 spiro atoms. The van der Waals surface area contributed by atoms with E-state index in [2.05, 4.69) is 27.7 Å². The molecule has 0 aromatic heterocycles. The summed E-state index contributed by atoms with van der Waals surface area (Å²) in [4.78, 5) is 0. The van der Waals surface area contributed by atoms with Gasteiger partial charge in [-0.15, -0.1) is 0 Å². The van der Waals surface area contributed by atoms with E-state index in [4.69, 9.17) is 0 Å². The molecule has 24 heavy (non-hydrogen) atoms. The molecule has 0 bridgehead atoms. The Morgan fingerprint density at radius 1 is 0.792 bits per heavy atom.